The number of hydrogen-bond acceptors (Lipinski definition) is 4. The third-order valence-electron chi connectivity index (χ3n) is 4.19. The Morgan fingerprint density at radius 1 is 0.821 bits per heavy atom. The second-order valence-electron chi connectivity index (χ2n) is 6.57. The molecule has 0 fully saturated rings. The third-order valence-corrected chi connectivity index (χ3v) is 4.19. The minimum Gasteiger partial charge on any atom is -0.354 e. The molecule has 0 unspecified atom stereocenters. The average Bonchev–Trinajstić information content (AvgIpc) is 2.65. The molecule has 1 aromatic heterocycles. The number of amides is 2. The molecule has 3 N–H and O–H groups in total. The average molecular weight is 374 g/mol. The molecule has 142 valence electrons. The number of aromatic nitrogens is 1. The third kappa shape index (κ3) is 4.73. The van der Waals surface area contributed by atoms with E-state index < -0.39 is 0 Å². The topological polar surface area (TPSA) is 83.1 Å². The van der Waals surface area contributed by atoms with Crippen molar-refractivity contribution in [2.45, 2.75) is 20.8 Å². The Morgan fingerprint density at radius 3 is 2.14 bits per heavy atom. The smallest absolute Gasteiger partial charge is 0.257 e. The van der Waals surface area contributed by atoms with Gasteiger partial charge in [0.15, 0.2) is 0 Å². The van der Waals surface area contributed by atoms with Gasteiger partial charge in [-0.05, 0) is 49.2 Å². The van der Waals surface area contributed by atoms with Crippen molar-refractivity contribution in [2.75, 3.05) is 16.0 Å². The Balaban J connectivity index is 1.76. The number of carbonyl (C=O) groups is 2. The van der Waals surface area contributed by atoms with Gasteiger partial charge in [0.2, 0.25) is 5.91 Å². The molecule has 3 rings (SSSR count). The molecule has 0 saturated heterocycles. The van der Waals surface area contributed by atoms with Crippen LogP contribution in [0.1, 0.15) is 28.4 Å². The maximum atomic E-state index is 12.6. The highest BCUT2D eigenvalue weighted by Crippen LogP contribution is 2.24. The van der Waals surface area contributed by atoms with Gasteiger partial charge in [-0.25, -0.2) is 0 Å². The Morgan fingerprint density at radius 2 is 1.46 bits per heavy atom. The molecular weight excluding hydrogens is 352 g/mol. The summed E-state index contributed by atoms with van der Waals surface area (Å²) in [6.45, 7) is 5.49. The van der Waals surface area contributed by atoms with Crippen molar-refractivity contribution >= 4 is 34.6 Å². The maximum Gasteiger partial charge on any atom is 0.257 e. The van der Waals surface area contributed by atoms with E-state index in [1.54, 1.807) is 36.5 Å². The first kappa shape index (κ1) is 19.1. The molecule has 2 amide bonds. The van der Waals surface area contributed by atoms with Gasteiger partial charge in [-0.3, -0.25) is 14.6 Å². The van der Waals surface area contributed by atoms with Crippen LogP contribution in [0.25, 0.3) is 0 Å². The molecule has 2 aromatic carbocycles. The second kappa shape index (κ2) is 8.35. The highest BCUT2D eigenvalue weighted by atomic mass is 16.2. The summed E-state index contributed by atoms with van der Waals surface area (Å²) < 4.78 is 0. The normalized spacial score (nSPS) is 10.2. The monoisotopic (exact) mass is 374 g/mol. The molecule has 28 heavy (non-hydrogen) atoms. The van der Waals surface area contributed by atoms with Gasteiger partial charge in [-0.15, -0.1) is 0 Å². The zero-order valence-corrected chi connectivity index (χ0v) is 16.0. The van der Waals surface area contributed by atoms with E-state index in [4.69, 9.17) is 0 Å². The minimum atomic E-state index is -0.280. The van der Waals surface area contributed by atoms with E-state index in [1.165, 1.54) is 13.1 Å². The van der Waals surface area contributed by atoms with E-state index in [2.05, 4.69) is 20.9 Å². The highest BCUT2D eigenvalue weighted by molar-refractivity contribution is 6.05. The first-order valence-electron chi connectivity index (χ1n) is 8.89. The molecule has 0 aliphatic carbocycles. The number of nitrogens with one attached hydrogen (secondary N) is 3. The van der Waals surface area contributed by atoms with Crippen LogP contribution < -0.4 is 16.0 Å². The van der Waals surface area contributed by atoms with Crippen LogP contribution in [-0.4, -0.2) is 16.8 Å². The molecule has 3 aromatic rings. The number of anilines is 4. The molecule has 0 atom stereocenters. The van der Waals surface area contributed by atoms with Crippen LogP contribution in [0, 0.1) is 13.8 Å². The number of rotatable bonds is 5. The predicted octanol–water partition coefficient (Wildman–Crippen LogP) is 4.65. The van der Waals surface area contributed by atoms with E-state index in [1.807, 2.05) is 32.0 Å². The lowest BCUT2D eigenvalue weighted by Gasteiger charge is -2.13. The Bertz CT molecular complexity index is 1010. The van der Waals surface area contributed by atoms with E-state index in [0.717, 1.165) is 22.5 Å². The molecule has 0 bridgehead atoms. The van der Waals surface area contributed by atoms with E-state index in [9.17, 15) is 9.59 Å². The molecule has 0 saturated carbocycles. The van der Waals surface area contributed by atoms with Gasteiger partial charge in [0.25, 0.3) is 5.91 Å². The van der Waals surface area contributed by atoms with Crippen LogP contribution in [0.4, 0.5) is 22.7 Å². The lowest BCUT2D eigenvalue weighted by atomic mass is 10.1. The first-order valence-corrected chi connectivity index (χ1v) is 8.89. The number of benzene rings is 2. The fourth-order valence-corrected chi connectivity index (χ4v) is 2.87. The lowest BCUT2D eigenvalue weighted by molar-refractivity contribution is -0.114. The zero-order valence-electron chi connectivity index (χ0n) is 16.0. The standard InChI is InChI=1S/C22H22N4O2/c1-14-6-4-7-15(2)21(14)25-20-10-17(12-23-13-20)22(28)26-19-9-5-8-18(11-19)24-16(3)27/h4-13,25H,1-3H3,(H,24,27)(H,26,28). The fourth-order valence-electron chi connectivity index (χ4n) is 2.87. The van der Waals surface area contributed by atoms with E-state index >= 15 is 0 Å². The summed E-state index contributed by atoms with van der Waals surface area (Å²) in [4.78, 5) is 28.0. The molecule has 0 aliphatic rings. The number of nitrogens with zero attached hydrogens (tertiary/aromatic N) is 1. The quantitative estimate of drug-likeness (QED) is 0.607. The van der Waals surface area contributed by atoms with Crippen molar-refractivity contribution in [3.8, 4) is 0 Å². The van der Waals surface area contributed by atoms with Crippen molar-refractivity contribution in [1.29, 1.82) is 0 Å². The lowest BCUT2D eigenvalue weighted by Crippen LogP contribution is -2.13. The summed E-state index contributed by atoms with van der Waals surface area (Å²) >= 11 is 0. The molecule has 0 aliphatic heterocycles. The summed E-state index contributed by atoms with van der Waals surface area (Å²) in [5.74, 6) is -0.449. The molecule has 6 nitrogen and oxygen atoms in total. The van der Waals surface area contributed by atoms with Gasteiger partial charge in [0.1, 0.15) is 0 Å². The van der Waals surface area contributed by atoms with Crippen molar-refractivity contribution in [3.63, 3.8) is 0 Å². The van der Waals surface area contributed by atoms with Gasteiger partial charge in [0.05, 0.1) is 17.4 Å². The number of hydrogen-bond donors (Lipinski definition) is 3. The largest absolute Gasteiger partial charge is 0.354 e. The number of carbonyl (C=O) groups excluding carboxylic acids is 2. The summed E-state index contributed by atoms with van der Waals surface area (Å²) in [5, 5.41) is 8.86. The van der Waals surface area contributed by atoms with Crippen LogP contribution in [0.15, 0.2) is 60.9 Å². The van der Waals surface area contributed by atoms with Gasteiger partial charge < -0.3 is 16.0 Å². The van der Waals surface area contributed by atoms with Crippen LogP contribution >= 0.6 is 0 Å². The van der Waals surface area contributed by atoms with Crippen molar-refractivity contribution in [3.05, 3.63) is 77.6 Å². The Kier molecular flexibility index (Phi) is 5.69. The van der Waals surface area contributed by atoms with E-state index in [-0.39, 0.29) is 11.8 Å². The van der Waals surface area contributed by atoms with E-state index in [0.29, 0.717) is 16.9 Å². The molecule has 6 heteroatoms. The second-order valence-corrected chi connectivity index (χ2v) is 6.57. The van der Waals surface area contributed by atoms with Gasteiger partial charge in [0, 0.05) is 30.2 Å². The van der Waals surface area contributed by atoms with Crippen molar-refractivity contribution in [1.82, 2.24) is 4.98 Å². The summed E-state index contributed by atoms with van der Waals surface area (Å²) in [5.41, 5.74) is 5.61. The van der Waals surface area contributed by atoms with Crippen LogP contribution in [0.3, 0.4) is 0 Å². The summed E-state index contributed by atoms with van der Waals surface area (Å²) in [6, 6.07) is 14.8. The molecule has 0 radical (unpaired) electrons. The number of pyridine rings is 1. The van der Waals surface area contributed by atoms with Crippen LogP contribution in [0.5, 0.6) is 0 Å². The summed E-state index contributed by atoms with van der Waals surface area (Å²) in [6.07, 6.45) is 3.20. The van der Waals surface area contributed by atoms with Gasteiger partial charge >= 0.3 is 0 Å². The highest BCUT2D eigenvalue weighted by Gasteiger charge is 2.10. The SMILES string of the molecule is CC(=O)Nc1cccc(NC(=O)c2cncc(Nc3c(C)cccc3C)c2)c1. The molecule has 0 spiro atoms. The Labute approximate surface area is 164 Å². The van der Waals surface area contributed by atoms with Crippen molar-refractivity contribution < 1.29 is 9.59 Å². The van der Waals surface area contributed by atoms with Crippen LogP contribution in [-0.2, 0) is 4.79 Å². The van der Waals surface area contributed by atoms with Gasteiger partial charge in [-0.2, -0.15) is 0 Å². The molecule has 1 heterocycles. The minimum absolute atomic E-state index is 0.169. The Hall–Kier alpha value is -3.67. The number of para-hydroxylation sites is 1. The van der Waals surface area contributed by atoms with Gasteiger partial charge in [-0.1, -0.05) is 24.3 Å². The summed E-state index contributed by atoms with van der Waals surface area (Å²) in [7, 11) is 0. The molecular formula is C22H22N4O2. The fraction of sp³-hybridized carbons (Fsp3) is 0.136. The zero-order chi connectivity index (χ0) is 20.1. The first-order chi connectivity index (χ1) is 13.4. The maximum absolute atomic E-state index is 12.6. The van der Waals surface area contributed by atoms with Crippen molar-refractivity contribution in [2.24, 2.45) is 0 Å². The predicted molar refractivity (Wildman–Crippen MR) is 112 cm³/mol. The van der Waals surface area contributed by atoms with Crippen LogP contribution in [0.2, 0.25) is 0 Å². The number of aryl methyl sites for hydroxylation is 2.